The summed E-state index contributed by atoms with van der Waals surface area (Å²) in [5, 5.41) is 5.74. The Hall–Kier alpha value is -2.46. The van der Waals surface area contributed by atoms with Gasteiger partial charge in [-0.1, -0.05) is 17.7 Å². The first kappa shape index (κ1) is 22.7. The van der Waals surface area contributed by atoms with Crippen molar-refractivity contribution in [3.8, 4) is 0 Å². The molecule has 4 rings (SSSR count). The molecule has 0 atom stereocenters. The normalized spacial score (nSPS) is 17.2. The largest absolute Gasteiger partial charge is 0.337 e. The van der Waals surface area contributed by atoms with Crippen molar-refractivity contribution in [1.29, 1.82) is 0 Å². The Bertz CT molecular complexity index is 1150. The van der Waals surface area contributed by atoms with Crippen LogP contribution in [0.5, 0.6) is 0 Å². The number of hydrogen-bond acceptors (Lipinski definition) is 5. The number of amides is 2. The van der Waals surface area contributed by atoms with Crippen LogP contribution in [0, 0.1) is 0 Å². The van der Waals surface area contributed by atoms with Crippen molar-refractivity contribution in [2.45, 2.75) is 17.7 Å². The van der Waals surface area contributed by atoms with Crippen molar-refractivity contribution >= 4 is 39.1 Å². The van der Waals surface area contributed by atoms with Gasteiger partial charge in [-0.2, -0.15) is 0 Å². The molecule has 1 fully saturated rings. The van der Waals surface area contributed by atoms with E-state index in [4.69, 9.17) is 16.7 Å². The molecule has 0 aromatic heterocycles. The highest BCUT2D eigenvalue weighted by atomic mass is 35.5. The van der Waals surface area contributed by atoms with Crippen LogP contribution < -0.4 is 10.0 Å². The highest BCUT2D eigenvalue weighted by molar-refractivity contribution is 7.89. The molecule has 0 unspecified atom stereocenters. The van der Waals surface area contributed by atoms with Gasteiger partial charge in [0.1, 0.15) is 0 Å². The Kier molecular flexibility index (Phi) is 6.52. The third-order valence-corrected chi connectivity index (χ3v) is 7.03. The molecule has 170 valence electrons. The third-order valence-electron chi connectivity index (χ3n) is 5.88. The second-order valence-electron chi connectivity index (χ2n) is 8.06. The predicted molar refractivity (Wildman–Crippen MR) is 122 cm³/mol. The summed E-state index contributed by atoms with van der Waals surface area (Å²) >= 11 is 6.01. The van der Waals surface area contributed by atoms with Gasteiger partial charge < -0.3 is 9.80 Å². The van der Waals surface area contributed by atoms with Crippen molar-refractivity contribution < 1.29 is 18.0 Å². The minimum Gasteiger partial charge on any atom is -0.337 e. The Morgan fingerprint density at radius 3 is 2.56 bits per heavy atom. The summed E-state index contributed by atoms with van der Waals surface area (Å²) < 4.78 is 23.2. The van der Waals surface area contributed by atoms with Crippen LogP contribution in [0.15, 0.2) is 47.4 Å². The number of rotatable bonds is 4. The first-order valence-electron chi connectivity index (χ1n) is 10.5. The first-order valence-corrected chi connectivity index (χ1v) is 12.4. The van der Waals surface area contributed by atoms with E-state index in [0.29, 0.717) is 43.2 Å². The van der Waals surface area contributed by atoms with E-state index in [0.717, 1.165) is 24.2 Å². The van der Waals surface area contributed by atoms with E-state index in [1.165, 1.54) is 6.07 Å². The molecule has 10 heteroatoms. The number of hydrogen-bond donors (Lipinski definition) is 1. The van der Waals surface area contributed by atoms with Gasteiger partial charge in [0, 0.05) is 49.0 Å². The molecule has 2 aliphatic rings. The standard InChI is InChI=1S/C22H25ClN4O4S/c23-18-4-1-3-17(13-18)22(29)26-9-2-8-25(11-12-26)15-21(28)27-10-7-16-14-19(32(24,30)31)5-6-20(16)27/h1,3-6,13-14H,2,7-12,15H2,(H2,24,30,31). The van der Waals surface area contributed by atoms with Crippen LogP contribution in [-0.2, 0) is 21.2 Å². The minimum absolute atomic E-state index is 0.0401. The molecule has 0 saturated carbocycles. The molecule has 0 spiro atoms. The summed E-state index contributed by atoms with van der Waals surface area (Å²) in [6.45, 7) is 3.23. The number of carbonyl (C=O) groups excluding carboxylic acids is 2. The number of carbonyl (C=O) groups is 2. The number of primary sulfonamides is 1. The van der Waals surface area contributed by atoms with E-state index in [2.05, 4.69) is 4.90 Å². The van der Waals surface area contributed by atoms with E-state index in [1.54, 1.807) is 46.2 Å². The molecule has 2 aliphatic heterocycles. The van der Waals surface area contributed by atoms with Gasteiger partial charge in [-0.15, -0.1) is 0 Å². The topological polar surface area (TPSA) is 104 Å². The molecule has 2 amide bonds. The van der Waals surface area contributed by atoms with Gasteiger partial charge in [0.15, 0.2) is 0 Å². The Balaban J connectivity index is 1.38. The zero-order valence-electron chi connectivity index (χ0n) is 17.5. The molecule has 0 radical (unpaired) electrons. The SMILES string of the molecule is NS(=O)(=O)c1ccc2c(c1)CCN2C(=O)CN1CCCN(C(=O)c2cccc(Cl)c2)CC1. The van der Waals surface area contributed by atoms with Crippen LogP contribution in [-0.4, -0.2) is 69.3 Å². The molecule has 0 aliphatic carbocycles. The Morgan fingerprint density at radius 2 is 1.81 bits per heavy atom. The Morgan fingerprint density at radius 1 is 1.00 bits per heavy atom. The van der Waals surface area contributed by atoms with Crippen molar-refractivity contribution in [3.05, 3.63) is 58.6 Å². The fraction of sp³-hybridized carbons (Fsp3) is 0.364. The van der Waals surface area contributed by atoms with Crippen LogP contribution in [0.4, 0.5) is 5.69 Å². The van der Waals surface area contributed by atoms with Crippen LogP contribution >= 0.6 is 11.6 Å². The van der Waals surface area contributed by atoms with Crippen molar-refractivity contribution in [1.82, 2.24) is 9.80 Å². The molecule has 2 heterocycles. The first-order chi connectivity index (χ1) is 15.2. The lowest BCUT2D eigenvalue weighted by Crippen LogP contribution is -2.41. The maximum absolute atomic E-state index is 13.0. The van der Waals surface area contributed by atoms with Crippen LogP contribution in [0.2, 0.25) is 5.02 Å². The number of sulfonamides is 1. The van der Waals surface area contributed by atoms with Gasteiger partial charge in [0.05, 0.1) is 11.4 Å². The number of nitrogens with zero attached hydrogens (tertiary/aromatic N) is 3. The summed E-state index contributed by atoms with van der Waals surface area (Å²) in [6.07, 6.45) is 1.36. The van der Waals surface area contributed by atoms with Crippen molar-refractivity contribution in [2.75, 3.05) is 44.2 Å². The summed E-state index contributed by atoms with van der Waals surface area (Å²) in [5.74, 6) is -0.0958. The maximum Gasteiger partial charge on any atom is 0.253 e. The van der Waals surface area contributed by atoms with E-state index in [-0.39, 0.29) is 23.3 Å². The fourth-order valence-electron chi connectivity index (χ4n) is 4.23. The summed E-state index contributed by atoms with van der Waals surface area (Å²) in [6, 6.07) is 11.6. The molecule has 32 heavy (non-hydrogen) atoms. The maximum atomic E-state index is 13.0. The molecular weight excluding hydrogens is 452 g/mol. The highest BCUT2D eigenvalue weighted by Crippen LogP contribution is 2.30. The predicted octanol–water partition coefficient (Wildman–Crippen LogP) is 1.72. The second kappa shape index (κ2) is 9.19. The van der Waals surface area contributed by atoms with E-state index in [1.807, 2.05) is 0 Å². The number of benzene rings is 2. The highest BCUT2D eigenvalue weighted by Gasteiger charge is 2.28. The zero-order valence-corrected chi connectivity index (χ0v) is 19.1. The van der Waals surface area contributed by atoms with Crippen molar-refractivity contribution in [2.24, 2.45) is 5.14 Å². The Labute approximate surface area is 192 Å². The second-order valence-corrected chi connectivity index (χ2v) is 10.1. The van der Waals surface area contributed by atoms with Crippen LogP contribution in [0.25, 0.3) is 0 Å². The average Bonchev–Trinajstić information content (AvgIpc) is 3.04. The minimum atomic E-state index is -3.77. The van der Waals surface area contributed by atoms with Crippen molar-refractivity contribution in [3.63, 3.8) is 0 Å². The van der Waals surface area contributed by atoms with Crippen LogP contribution in [0.3, 0.4) is 0 Å². The summed E-state index contributed by atoms with van der Waals surface area (Å²) in [5.41, 5.74) is 2.10. The number of anilines is 1. The van der Waals surface area contributed by atoms with Gasteiger partial charge in [0.25, 0.3) is 5.91 Å². The third kappa shape index (κ3) is 4.96. The number of halogens is 1. The average molecular weight is 477 g/mol. The summed E-state index contributed by atoms with van der Waals surface area (Å²) in [4.78, 5) is 31.4. The number of fused-ring (bicyclic) bond motifs is 1. The van der Waals surface area contributed by atoms with E-state index in [9.17, 15) is 18.0 Å². The lowest BCUT2D eigenvalue weighted by molar-refractivity contribution is -0.119. The van der Waals surface area contributed by atoms with Gasteiger partial charge in [-0.25, -0.2) is 13.6 Å². The lowest BCUT2D eigenvalue weighted by Gasteiger charge is -2.24. The molecule has 2 aromatic carbocycles. The fourth-order valence-corrected chi connectivity index (χ4v) is 4.98. The van der Waals surface area contributed by atoms with E-state index >= 15 is 0 Å². The summed E-state index contributed by atoms with van der Waals surface area (Å²) in [7, 11) is -3.77. The quantitative estimate of drug-likeness (QED) is 0.723. The molecule has 1 saturated heterocycles. The molecule has 0 bridgehead atoms. The molecule has 2 aromatic rings. The lowest BCUT2D eigenvalue weighted by atomic mass is 10.2. The number of nitrogens with two attached hydrogens (primary N) is 1. The monoisotopic (exact) mass is 476 g/mol. The zero-order chi connectivity index (χ0) is 22.9. The molecule has 8 nitrogen and oxygen atoms in total. The van der Waals surface area contributed by atoms with Gasteiger partial charge >= 0.3 is 0 Å². The molecule has 2 N–H and O–H groups in total. The van der Waals surface area contributed by atoms with E-state index < -0.39 is 10.0 Å². The smallest absolute Gasteiger partial charge is 0.253 e. The van der Waals surface area contributed by atoms with Gasteiger partial charge in [-0.3, -0.25) is 14.5 Å². The molecular formula is C22H25ClN4O4S. The van der Waals surface area contributed by atoms with Gasteiger partial charge in [0.2, 0.25) is 15.9 Å². The van der Waals surface area contributed by atoms with Crippen LogP contribution in [0.1, 0.15) is 22.3 Å². The van der Waals surface area contributed by atoms with Gasteiger partial charge in [-0.05, 0) is 54.8 Å².